The topological polar surface area (TPSA) is 74.8 Å². The van der Waals surface area contributed by atoms with Gasteiger partial charge in [0.1, 0.15) is 5.69 Å². The van der Waals surface area contributed by atoms with E-state index >= 15 is 0 Å². The Morgan fingerprint density at radius 1 is 1.25 bits per heavy atom. The molecule has 0 unspecified atom stereocenters. The van der Waals surface area contributed by atoms with Crippen molar-refractivity contribution in [3.8, 4) is 0 Å². The Labute approximate surface area is 114 Å². The first-order valence-corrected chi connectivity index (χ1v) is 6.06. The summed E-state index contributed by atoms with van der Waals surface area (Å²) in [4.78, 5) is 29.7. The molecule has 3 rings (SSSR count). The molecule has 1 aromatic carbocycles. The monoisotopic (exact) mass is 265 g/mol. The van der Waals surface area contributed by atoms with Crippen LogP contribution in [-0.4, -0.2) is 22.2 Å². The van der Waals surface area contributed by atoms with Crippen LogP contribution in [0.4, 0.5) is 5.69 Å². The minimum atomic E-state index is -0.309. The quantitative estimate of drug-likeness (QED) is 0.715. The number of hydrogen-bond acceptors (Lipinski definition) is 3. The Bertz CT molecular complexity index is 787. The third kappa shape index (κ3) is 2.16. The number of amides is 1. The van der Waals surface area contributed by atoms with Crippen molar-refractivity contribution in [3.05, 3.63) is 60.0 Å². The van der Waals surface area contributed by atoms with E-state index in [1.54, 1.807) is 12.3 Å². The van der Waals surface area contributed by atoms with Crippen molar-refractivity contribution in [3.63, 3.8) is 0 Å². The summed E-state index contributed by atoms with van der Waals surface area (Å²) in [5.74, 6) is -0.309. The van der Waals surface area contributed by atoms with Gasteiger partial charge in [-0.1, -0.05) is 18.2 Å². The molecule has 2 heterocycles. The molecule has 5 nitrogen and oxygen atoms in total. The van der Waals surface area contributed by atoms with Gasteiger partial charge >= 0.3 is 0 Å². The number of nitrogens with zero attached hydrogens (tertiary/aromatic N) is 1. The number of carbonyl (C=O) groups is 2. The highest BCUT2D eigenvalue weighted by molar-refractivity contribution is 6.07. The normalized spacial score (nSPS) is 10.4. The standard InChI is InChI=1S/C15H11N3O2/c19-9-10-7-13(17-8-10)15(20)18-12-5-1-3-11-4-2-6-16-14(11)12/h1-9,17H,(H,18,20). The van der Waals surface area contributed by atoms with Gasteiger partial charge < -0.3 is 10.3 Å². The molecule has 0 atom stereocenters. The molecule has 0 fully saturated rings. The number of benzene rings is 1. The van der Waals surface area contributed by atoms with Crippen LogP contribution in [-0.2, 0) is 0 Å². The number of aldehydes is 1. The molecule has 0 saturated heterocycles. The van der Waals surface area contributed by atoms with E-state index in [0.717, 1.165) is 10.9 Å². The lowest BCUT2D eigenvalue weighted by molar-refractivity contribution is 0.102. The molecule has 20 heavy (non-hydrogen) atoms. The van der Waals surface area contributed by atoms with Crippen LogP contribution >= 0.6 is 0 Å². The summed E-state index contributed by atoms with van der Waals surface area (Å²) < 4.78 is 0. The maximum Gasteiger partial charge on any atom is 0.272 e. The van der Waals surface area contributed by atoms with Crippen LogP contribution in [0.2, 0.25) is 0 Å². The number of pyridine rings is 1. The number of para-hydroxylation sites is 1. The van der Waals surface area contributed by atoms with E-state index in [0.29, 0.717) is 23.2 Å². The number of carbonyl (C=O) groups excluding carboxylic acids is 2. The van der Waals surface area contributed by atoms with Crippen LogP contribution in [0.1, 0.15) is 20.8 Å². The third-order valence-electron chi connectivity index (χ3n) is 2.97. The molecular formula is C15H11N3O2. The molecule has 98 valence electrons. The van der Waals surface area contributed by atoms with Crippen molar-refractivity contribution in [1.29, 1.82) is 0 Å². The molecule has 2 N–H and O–H groups in total. The summed E-state index contributed by atoms with van der Waals surface area (Å²) in [5.41, 5.74) is 2.13. The molecule has 3 aromatic rings. The first-order chi connectivity index (χ1) is 9.78. The highest BCUT2D eigenvalue weighted by Gasteiger charge is 2.10. The smallest absolute Gasteiger partial charge is 0.272 e. The van der Waals surface area contributed by atoms with Crippen molar-refractivity contribution in [2.45, 2.75) is 0 Å². The van der Waals surface area contributed by atoms with E-state index in [-0.39, 0.29) is 5.91 Å². The Kier molecular flexibility index (Phi) is 3.01. The average molecular weight is 265 g/mol. The average Bonchev–Trinajstić information content (AvgIpc) is 2.97. The van der Waals surface area contributed by atoms with Crippen molar-refractivity contribution >= 4 is 28.8 Å². The minimum absolute atomic E-state index is 0.309. The van der Waals surface area contributed by atoms with Gasteiger partial charge in [-0.25, -0.2) is 0 Å². The van der Waals surface area contributed by atoms with Gasteiger partial charge in [0.05, 0.1) is 11.2 Å². The van der Waals surface area contributed by atoms with E-state index in [1.165, 1.54) is 12.3 Å². The summed E-state index contributed by atoms with van der Waals surface area (Å²) >= 11 is 0. The van der Waals surface area contributed by atoms with Crippen LogP contribution in [0.25, 0.3) is 10.9 Å². The van der Waals surface area contributed by atoms with E-state index in [4.69, 9.17) is 0 Å². The van der Waals surface area contributed by atoms with Crippen LogP contribution < -0.4 is 5.32 Å². The zero-order chi connectivity index (χ0) is 13.9. The van der Waals surface area contributed by atoms with E-state index in [1.807, 2.05) is 24.3 Å². The molecule has 2 aromatic heterocycles. The number of fused-ring (bicyclic) bond motifs is 1. The van der Waals surface area contributed by atoms with Crippen molar-refractivity contribution in [2.24, 2.45) is 0 Å². The number of aromatic nitrogens is 2. The molecule has 0 radical (unpaired) electrons. The fraction of sp³-hybridized carbons (Fsp3) is 0. The Hall–Kier alpha value is -2.95. The second-order valence-corrected chi connectivity index (χ2v) is 4.30. The molecule has 0 aliphatic heterocycles. The summed E-state index contributed by atoms with van der Waals surface area (Å²) in [6.07, 6.45) is 3.85. The minimum Gasteiger partial charge on any atom is -0.356 e. The van der Waals surface area contributed by atoms with Crippen LogP contribution in [0.3, 0.4) is 0 Å². The summed E-state index contributed by atoms with van der Waals surface area (Å²) in [7, 11) is 0. The van der Waals surface area contributed by atoms with Gasteiger partial charge in [0.25, 0.3) is 5.91 Å². The second kappa shape index (κ2) is 4.97. The first-order valence-electron chi connectivity index (χ1n) is 6.06. The molecule has 0 aliphatic carbocycles. The van der Waals surface area contributed by atoms with Gasteiger partial charge in [0.15, 0.2) is 6.29 Å². The number of hydrogen-bond donors (Lipinski definition) is 2. The molecule has 0 bridgehead atoms. The van der Waals surface area contributed by atoms with E-state index < -0.39 is 0 Å². The lowest BCUT2D eigenvalue weighted by Crippen LogP contribution is -2.12. The number of anilines is 1. The molecule has 0 saturated carbocycles. The van der Waals surface area contributed by atoms with Gasteiger partial charge in [0, 0.05) is 23.3 Å². The SMILES string of the molecule is O=Cc1c[nH]c(C(=O)Nc2cccc3cccnc23)c1. The van der Waals surface area contributed by atoms with Crippen molar-refractivity contribution < 1.29 is 9.59 Å². The first kappa shape index (κ1) is 12.1. The van der Waals surface area contributed by atoms with Crippen LogP contribution in [0.15, 0.2) is 48.8 Å². The highest BCUT2D eigenvalue weighted by Crippen LogP contribution is 2.21. The maximum atomic E-state index is 12.1. The molecule has 5 heteroatoms. The van der Waals surface area contributed by atoms with E-state index in [9.17, 15) is 9.59 Å². The van der Waals surface area contributed by atoms with Gasteiger partial charge in [-0.05, 0) is 18.2 Å². The molecule has 0 spiro atoms. The van der Waals surface area contributed by atoms with Crippen LogP contribution in [0.5, 0.6) is 0 Å². The number of aromatic amines is 1. The fourth-order valence-electron chi connectivity index (χ4n) is 2.00. The van der Waals surface area contributed by atoms with Gasteiger partial charge in [-0.15, -0.1) is 0 Å². The van der Waals surface area contributed by atoms with Gasteiger partial charge in [-0.3, -0.25) is 14.6 Å². The summed E-state index contributed by atoms with van der Waals surface area (Å²) in [6, 6.07) is 10.8. The van der Waals surface area contributed by atoms with Crippen LogP contribution in [0, 0.1) is 0 Å². The summed E-state index contributed by atoms with van der Waals surface area (Å²) in [6.45, 7) is 0. The van der Waals surface area contributed by atoms with Crippen molar-refractivity contribution in [2.75, 3.05) is 5.32 Å². The predicted octanol–water partition coefficient (Wildman–Crippen LogP) is 2.63. The molecular weight excluding hydrogens is 254 g/mol. The van der Waals surface area contributed by atoms with Gasteiger partial charge in [-0.2, -0.15) is 0 Å². The van der Waals surface area contributed by atoms with Crippen molar-refractivity contribution in [1.82, 2.24) is 9.97 Å². The molecule has 0 aliphatic rings. The zero-order valence-corrected chi connectivity index (χ0v) is 10.5. The lowest BCUT2D eigenvalue weighted by Gasteiger charge is -2.06. The molecule has 1 amide bonds. The fourth-order valence-corrected chi connectivity index (χ4v) is 2.00. The number of H-pyrrole nitrogens is 1. The Balaban J connectivity index is 1.93. The van der Waals surface area contributed by atoms with Gasteiger partial charge in [0.2, 0.25) is 0 Å². The maximum absolute atomic E-state index is 12.1. The Morgan fingerprint density at radius 3 is 2.90 bits per heavy atom. The van der Waals surface area contributed by atoms with E-state index in [2.05, 4.69) is 15.3 Å². The predicted molar refractivity (Wildman–Crippen MR) is 75.9 cm³/mol. The second-order valence-electron chi connectivity index (χ2n) is 4.30. The Morgan fingerprint density at radius 2 is 2.10 bits per heavy atom. The third-order valence-corrected chi connectivity index (χ3v) is 2.97. The zero-order valence-electron chi connectivity index (χ0n) is 10.5. The number of rotatable bonds is 3. The lowest BCUT2D eigenvalue weighted by atomic mass is 10.2. The highest BCUT2D eigenvalue weighted by atomic mass is 16.2. The largest absolute Gasteiger partial charge is 0.356 e. The number of nitrogens with one attached hydrogen (secondary N) is 2. The summed E-state index contributed by atoms with van der Waals surface area (Å²) in [5, 5.41) is 3.74.